The van der Waals surface area contributed by atoms with Crippen molar-refractivity contribution in [3.63, 3.8) is 0 Å². The lowest BCUT2D eigenvalue weighted by Gasteiger charge is -2.68. The largest absolute Gasteiger partial charge is 0.352 e. The Kier molecular flexibility index (Phi) is 7.67. The van der Waals surface area contributed by atoms with E-state index < -0.39 is 60.1 Å². The maximum atomic E-state index is 13.7. The van der Waals surface area contributed by atoms with Crippen LogP contribution in [0.25, 0.3) is 0 Å². The summed E-state index contributed by atoms with van der Waals surface area (Å²) in [5, 5.41) is -3.06. The van der Waals surface area contributed by atoms with Crippen LogP contribution in [0.15, 0.2) is 18.2 Å². The van der Waals surface area contributed by atoms with Crippen molar-refractivity contribution in [2.45, 2.75) is 49.8 Å². The third-order valence-corrected chi connectivity index (χ3v) is 9.34. The molecule has 1 aromatic carbocycles. The molecule has 2 saturated heterocycles. The molecule has 2 unspecified atom stereocenters. The van der Waals surface area contributed by atoms with Gasteiger partial charge in [-0.3, -0.25) is 9.59 Å². The van der Waals surface area contributed by atoms with Crippen molar-refractivity contribution < 1.29 is 14.0 Å². The van der Waals surface area contributed by atoms with Crippen molar-refractivity contribution in [1.82, 2.24) is 15.5 Å². The number of nitrogens with zero attached hydrogens (tertiary/aromatic N) is 1. The van der Waals surface area contributed by atoms with Crippen LogP contribution in [0.2, 0.25) is 15.3 Å². The van der Waals surface area contributed by atoms with E-state index in [4.69, 9.17) is 90.1 Å². The Bertz CT molecular complexity index is 1120. The Morgan fingerprint density at radius 3 is 2.11 bits per heavy atom. The third kappa shape index (κ3) is 4.71. The van der Waals surface area contributed by atoms with Gasteiger partial charge in [-0.05, 0) is 42.0 Å². The number of hydrogen-bond acceptors (Lipinski definition) is 4. The highest BCUT2D eigenvalue weighted by Crippen LogP contribution is 2.79. The molecule has 1 aromatic rings. The minimum Gasteiger partial charge on any atom is -0.352 e. The summed E-state index contributed by atoms with van der Waals surface area (Å²) in [6, 6.07) is 3.29. The molecule has 2 heterocycles. The molecule has 168 valence electrons. The van der Waals surface area contributed by atoms with E-state index in [1.54, 1.807) is 0 Å². The molecule has 0 spiro atoms. The standard InChI is InChI=1S/C19H15B10ClFN3O2S/c1-13(2,17(23,24)25)33-11(35)6-34-18(26,27)15(20,21)14(16(22,37-14)19(34,28)29)7-32-12(36)8-3-9(30)5-10(31)4-8/h3-5H,6-7H2,1-2H3,(H,32,36)(H,33,35). The highest BCUT2D eigenvalue weighted by Gasteiger charge is 2.81. The molecule has 2 fully saturated rings. The van der Waals surface area contributed by atoms with Gasteiger partial charge < -0.3 is 15.5 Å². The monoisotopic (exact) mass is 513 g/mol. The second-order valence-electron chi connectivity index (χ2n) is 10.2. The summed E-state index contributed by atoms with van der Waals surface area (Å²) >= 11 is 6.76. The first-order valence-electron chi connectivity index (χ1n) is 10.9. The van der Waals surface area contributed by atoms with Gasteiger partial charge in [0.2, 0.25) is 5.91 Å². The lowest BCUT2D eigenvalue weighted by Crippen LogP contribution is -2.82. The molecule has 0 aromatic heterocycles. The number of rotatable bonds is 7. The molecule has 0 aliphatic carbocycles. The van der Waals surface area contributed by atoms with Crippen LogP contribution in [0.4, 0.5) is 4.39 Å². The van der Waals surface area contributed by atoms with E-state index in [1.807, 2.05) is 0 Å². The fourth-order valence-electron chi connectivity index (χ4n) is 4.31. The number of fused-ring (bicyclic) bond motifs is 1. The minimum absolute atomic E-state index is 0.0149. The maximum Gasteiger partial charge on any atom is 0.251 e. The summed E-state index contributed by atoms with van der Waals surface area (Å²) in [5.41, 5.74) is -1.36. The Morgan fingerprint density at radius 1 is 1.03 bits per heavy atom. The summed E-state index contributed by atoms with van der Waals surface area (Å²) in [5.74, 6) is -2.14. The SMILES string of the molecule is [B]C([B])([B])C(C)(C)NC(=O)CN1C([B])([B])C([B])([B])C2(CNC(=O)c3cc(F)cc(Cl)c3)SC2([B])C1([B])[B]. The number of amides is 2. The Labute approximate surface area is 239 Å². The zero-order valence-electron chi connectivity index (χ0n) is 20.3. The molecule has 2 N–H and O–H groups in total. The van der Waals surface area contributed by atoms with Crippen molar-refractivity contribution in [1.29, 1.82) is 0 Å². The Hall–Kier alpha value is -0.661. The lowest BCUT2D eigenvalue weighted by atomic mass is 9.22. The van der Waals surface area contributed by atoms with E-state index in [0.29, 0.717) is 0 Å². The number of hydrogen-bond donors (Lipinski definition) is 2. The molecule has 2 aliphatic rings. The number of carbonyl (C=O) groups excluding carboxylic acids is 2. The molecular formula is C19H15B10ClFN3O2S. The first-order valence-corrected chi connectivity index (χ1v) is 12.1. The average molecular weight is 512 g/mol. The van der Waals surface area contributed by atoms with E-state index in [0.717, 1.165) is 28.8 Å². The highest BCUT2D eigenvalue weighted by molar-refractivity contribution is 8.11. The fourth-order valence-corrected chi connectivity index (χ4v) is 6.18. The van der Waals surface area contributed by atoms with Crippen molar-refractivity contribution in [3.8, 4) is 0 Å². The number of likely N-dealkylation sites (tertiary alicyclic amines) is 1. The molecule has 0 saturated carbocycles. The summed E-state index contributed by atoms with van der Waals surface area (Å²) in [6.45, 7) is 2.05. The Balaban J connectivity index is 1.89. The van der Waals surface area contributed by atoms with Crippen LogP contribution >= 0.6 is 23.4 Å². The number of halogens is 2. The number of benzene rings is 1. The fraction of sp³-hybridized carbons (Fsp3) is 0.579. The predicted molar refractivity (Wildman–Crippen MR) is 154 cm³/mol. The molecule has 3 rings (SSSR count). The molecule has 18 heteroatoms. The van der Waals surface area contributed by atoms with Crippen LogP contribution in [0.5, 0.6) is 0 Å². The van der Waals surface area contributed by atoms with Crippen LogP contribution in [0, 0.1) is 5.82 Å². The van der Waals surface area contributed by atoms with Gasteiger partial charge in [0.1, 0.15) is 5.82 Å². The minimum atomic E-state index is -2.25. The summed E-state index contributed by atoms with van der Waals surface area (Å²) < 4.78 is 10.6. The van der Waals surface area contributed by atoms with Gasteiger partial charge in [0.05, 0.1) is 85.0 Å². The summed E-state index contributed by atoms with van der Waals surface area (Å²) in [4.78, 5) is 26.6. The second-order valence-corrected chi connectivity index (χ2v) is 12.2. The van der Waals surface area contributed by atoms with Crippen LogP contribution in [0.1, 0.15) is 24.2 Å². The average Bonchev–Trinajstić information content (AvgIpc) is 3.36. The molecule has 20 radical (unpaired) electrons. The summed E-state index contributed by atoms with van der Waals surface area (Å²) in [6.07, 6.45) is 0. The zero-order valence-corrected chi connectivity index (χ0v) is 21.9. The first kappa shape index (κ1) is 30.9. The maximum absolute atomic E-state index is 13.7. The molecule has 0 bridgehead atoms. The first-order chi connectivity index (χ1) is 16.5. The van der Waals surface area contributed by atoms with Crippen LogP contribution < -0.4 is 10.6 Å². The van der Waals surface area contributed by atoms with Crippen molar-refractivity contribution >= 4 is 114 Å². The van der Waals surface area contributed by atoms with E-state index in [2.05, 4.69) is 10.6 Å². The quantitative estimate of drug-likeness (QED) is 0.322. The van der Waals surface area contributed by atoms with Crippen molar-refractivity contribution in [3.05, 3.63) is 34.6 Å². The van der Waals surface area contributed by atoms with Gasteiger partial charge in [-0.25, -0.2) is 4.39 Å². The third-order valence-electron chi connectivity index (χ3n) is 7.17. The zero-order chi connectivity index (χ0) is 28.6. The van der Waals surface area contributed by atoms with Crippen LogP contribution in [0.3, 0.4) is 0 Å². The van der Waals surface area contributed by atoms with Crippen molar-refractivity contribution in [2.24, 2.45) is 0 Å². The molecule has 5 nitrogen and oxygen atoms in total. The van der Waals surface area contributed by atoms with E-state index in [9.17, 15) is 14.0 Å². The van der Waals surface area contributed by atoms with Crippen LogP contribution in [-0.2, 0) is 4.79 Å². The topological polar surface area (TPSA) is 61.4 Å². The van der Waals surface area contributed by atoms with Gasteiger partial charge in [0, 0.05) is 27.4 Å². The number of piperidine rings is 1. The van der Waals surface area contributed by atoms with Gasteiger partial charge in [0.25, 0.3) is 5.91 Å². The van der Waals surface area contributed by atoms with E-state index in [-0.39, 0.29) is 17.1 Å². The van der Waals surface area contributed by atoms with Gasteiger partial charge in [-0.1, -0.05) is 22.2 Å². The molecule has 2 aliphatic heterocycles. The summed E-state index contributed by atoms with van der Waals surface area (Å²) in [7, 11) is 62.3. The normalized spacial score (nSPS) is 28.0. The second kappa shape index (κ2) is 9.19. The highest BCUT2D eigenvalue weighted by atomic mass is 35.5. The van der Waals surface area contributed by atoms with Gasteiger partial charge in [-0.2, -0.15) is 11.8 Å². The van der Waals surface area contributed by atoms with Gasteiger partial charge >= 0.3 is 0 Å². The molecular weight excluding hydrogens is 497 g/mol. The van der Waals surface area contributed by atoms with Crippen molar-refractivity contribution in [2.75, 3.05) is 13.1 Å². The molecule has 37 heavy (non-hydrogen) atoms. The van der Waals surface area contributed by atoms with E-state index in [1.165, 1.54) is 19.9 Å². The molecule has 2 amide bonds. The molecule has 2 atom stereocenters. The predicted octanol–water partition coefficient (Wildman–Crippen LogP) is -2.22. The Morgan fingerprint density at radius 2 is 1.59 bits per heavy atom. The van der Waals surface area contributed by atoms with Gasteiger partial charge in [0.15, 0.2) is 0 Å². The van der Waals surface area contributed by atoms with Crippen LogP contribution in [-0.4, -0.2) is 134 Å². The number of nitrogens with one attached hydrogen (secondary N) is 2. The van der Waals surface area contributed by atoms with E-state index >= 15 is 0 Å². The van der Waals surface area contributed by atoms with Gasteiger partial charge in [-0.15, -0.1) is 5.11 Å². The number of carbonyl (C=O) groups is 2. The number of thioether (sulfide) groups is 1. The lowest BCUT2D eigenvalue weighted by molar-refractivity contribution is -0.125. The smallest absolute Gasteiger partial charge is 0.251 e.